The van der Waals surface area contributed by atoms with E-state index in [1.54, 1.807) is 0 Å². The van der Waals surface area contributed by atoms with Gasteiger partial charge in [0.25, 0.3) is 0 Å². The van der Waals surface area contributed by atoms with Crippen molar-refractivity contribution < 1.29 is 14.6 Å². The Balaban J connectivity index is 3.56. The maximum atomic E-state index is 13.5. The number of halogens is 2. The Morgan fingerprint density at radius 2 is 1.93 bits per heavy atom. The lowest BCUT2D eigenvalue weighted by atomic mass is 9.94. The number of hydrogen-bond acceptors (Lipinski definition) is 3. The third kappa shape index (κ3) is 1.83. The molecule has 4 N–H and O–H groups in total. The Hall–Kier alpha value is -0.810. The van der Waals surface area contributed by atoms with Gasteiger partial charge in [-0.2, -0.15) is 0 Å². The molecule has 0 fully saturated rings. The molecule has 0 aliphatic heterocycles. The maximum Gasteiger partial charge on any atom is 0.165 e. The minimum absolute atomic E-state index is 0.0707. The number of hydrogen-bond donors (Lipinski definition) is 3. The Kier molecular flexibility index (Phi) is 2.74. The first-order valence-electron chi connectivity index (χ1n) is 3.94. The van der Waals surface area contributed by atoms with Crippen LogP contribution in [0, 0.1) is 5.82 Å². The van der Waals surface area contributed by atoms with Gasteiger partial charge in [0.1, 0.15) is 5.82 Å². The van der Waals surface area contributed by atoms with Gasteiger partial charge in [-0.3, -0.25) is 0 Å². The van der Waals surface area contributed by atoms with Crippen LogP contribution in [0.1, 0.15) is 19.4 Å². The zero-order valence-electron chi connectivity index (χ0n) is 7.81. The fourth-order valence-corrected chi connectivity index (χ4v) is 1.61. The Bertz CT molecular complexity index is 348. The molecule has 0 spiro atoms. The van der Waals surface area contributed by atoms with Crippen molar-refractivity contribution in [3.05, 3.63) is 21.9 Å². The topological polar surface area (TPSA) is 66.5 Å². The van der Waals surface area contributed by atoms with E-state index in [0.29, 0.717) is 0 Å². The van der Waals surface area contributed by atoms with Crippen LogP contribution in [-0.4, -0.2) is 10.2 Å². The van der Waals surface area contributed by atoms with Crippen LogP contribution >= 0.6 is 15.9 Å². The number of benzene rings is 1. The van der Waals surface area contributed by atoms with E-state index in [9.17, 15) is 14.6 Å². The predicted octanol–water partition coefficient (Wildman–Crippen LogP) is 2.19. The van der Waals surface area contributed by atoms with Gasteiger partial charge in [-0.1, -0.05) is 0 Å². The summed E-state index contributed by atoms with van der Waals surface area (Å²) in [7, 11) is 0. The van der Waals surface area contributed by atoms with Gasteiger partial charge >= 0.3 is 0 Å². The van der Waals surface area contributed by atoms with Crippen molar-refractivity contribution in [2.24, 2.45) is 5.73 Å². The second kappa shape index (κ2) is 3.40. The third-order valence-electron chi connectivity index (χ3n) is 1.82. The van der Waals surface area contributed by atoms with Crippen molar-refractivity contribution in [3.63, 3.8) is 0 Å². The molecule has 0 radical (unpaired) electrons. The van der Waals surface area contributed by atoms with E-state index in [4.69, 9.17) is 5.73 Å². The van der Waals surface area contributed by atoms with E-state index in [-0.39, 0.29) is 10.0 Å². The molecule has 0 aliphatic carbocycles. The van der Waals surface area contributed by atoms with Crippen molar-refractivity contribution in [2.75, 3.05) is 0 Å². The summed E-state index contributed by atoms with van der Waals surface area (Å²) in [5.74, 6) is -1.57. The largest absolute Gasteiger partial charge is 0.504 e. The Morgan fingerprint density at radius 1 is 1.43 bits per heavy atom. The first kappa shape index (κ1) is 11.3. The van der Waals surface area contributed by atoms with Crippen LogP contribution in [0.2, 0.25) is 0 Å². The van der Waals surface area contributed by atoms with Crippen LogP contribution in [0.3, 0.4) is 0 Å². The molecule has 0 heterocycles. The van der Waals surface area contributed by atoms with Gasteiger partial charge in [-0.05, 0) is 29.8 Å². The zero-order valence-corrected chi connectivity index (χ0v) is 9.39. The minimum atomic E-state index is -1.06. The molecule has 1 rings (SSSR count). The molecule has 0 saturated carbocycles. The Morgan fingerprint density at radius 3 is 2.36 bits per heavy atom. The average Bonchev–Trinajstić information content (AvgIpc) is 1.98. The van der Waals surface area contributed by atoms with Gasteiger partial charge in [0.15, 0.2) is 11.5 Å². The molecule has 5 heteroatoms. The van der Waals surface area contributed by atoms with Crippen molar-refractivity contribution in [1.82, 2.24) is 0 Å². The van der Waals surface area contributed by atoms with E-state index in [0.717, 1.165) is 6.07 Å². The smallest absolute Gasteiger partial charge is 0.165 e. The van der Waals surface area contributed by atoms with Gasteiger partial charge in [0.2, 0.25) is 0 Å². The molecule has 0 unspecified atom stereocenters. The van der Waals surface area contributed by atoms with Gasteiger partial charge in [0.05, 0.1) is 10.0 Å². The molecular weight excluding hydrogens is 253 g/mol. The van der Waals surface area contributed by atoms with Crippen LogP contribution in [0.4, 0.5) is 4.39 Å². The summed E-state index contributed by atoms with van der Waals surface area (Å²) in [5.41, 5.74) is 4.50. The number of nitrogens with two attached hydrogens (primary N) is 1. The quantitative estimate of drug-likeness (QED) is 0.681. The molecule has 78 valence electrons. The highest BCUT2D eigenvalue weighted by atomic mass is 79.9. The summed E-state index contributed by atoms with van der Waals surface area (Å²) in [6, 6.07) is 1.08. The highest BCUT2D eigenvalue weighted by Gasteiger charge is 2.27. The molecular formula is C9H11BrFNO2. The van der Waals surface area contributed by atoms with Crippen LogP contribution in [0.25, 0.3) is 0 Å². The molecule has 0 saturated heterocycles. The first-order valence-corrected chi connectivity index (χ1v) is 4.73. The molecule has 1 aromatic rings. The number of rotatable bonds is 1. The van der Waals surface area contributed by atoms with Crippen LogP contribution in [-0.2, 0) is 5.54 Å². The van der Waals surface area contributed by atoms with E-state index in [1.165, 1.54) is 13.8 Å². The number of phenolic OH excluding ortho intramolecular Hbond substituents is 2. The lowest BCUT2D eigenvalue weighted by molar-refractivity contribution is 0.375. The molecule has 0 bridgehead atoms. The SMILES string of the molecule is CC(C)(N)c1c(O)c(O)cc(Br)c1F. The van der Waals surface area contributed by atoms with Gasteiger partial charge in [-0.25, -0.2) is 4.39 Å². The minimum Gasteiger partial charge on any atom is -0.504 e. The lowest BCUT2D eigenvalue weighted by Gasteiger charge is -2.22. The van der Waals surface area contributed by atoms with Gasteiger partial charge in [0, 0.05) is 11.6 Å². The normalized spacial score (nSPS) is 11.8. The fourth-order valence-electron chi connectivity index (χ4n) is 1.19. The number of phenols is 2. The van der Waals surface area contributed by atoms with Crippen molar-refractivity contribution in [3.8, 4) is 11.5 Å². The van der Waals surface area contributed by atoms with Gasteiger partial charge < -0.3 is 15.9 Å². The van der Waals surface area contributed by atoms with E-state index in [1.807, 2.05) is 0 Å². The summed E-state index contributed by atoms with van der Waals surface area (Å²) in [5, 5.41) is 18.7. The second-order valence-electron chi connectivity index (χ2n) is 3.64. The van der Waals surface area contributed by atoms with Crippen molar-refractivity contribution >= 4 is 15.9 Å². The van der Waals surface area contributed by atoms with E-state index >= 15 is 0 Å². The van der Waals surface area contributed by atoms with Gasteiger partial charge in [-0.15, -0.1) is 0 Å². The van der Waals surface area contributed by atoms with Crippen molar-refractivity contribution in [2.45, 2.75) is 19.4 Å². The zero-order chi connectivity index (χ0) is 11.1. The first-order chi connectivity index (χ1) is 6.25. The molecule has 0 atom stereocenters. The van der Waals surface area contributed by atoms with Crippen molar-refractivity contribution in [1.29, 1.82) is 0 Å². The standard InChI is InChI=1S/C9H11BrFNO2/c1-9(2,12)6-7(11)4(10)3-5(13)8(6)14/h3,13-14H,12H2,1-2H3. The van der Waals surface area contributed by atoms with Crippen LogP contribution in [0.5, 0.6) is 11.5 Å². The fraction of sp³-hybridized carbons (Fsp3) is 0.333. The molecule has 14 heavy (non-hydrogen) atoms. The summed E-state index contributed by atoms with van der Waals surface area (Å²) in [6.07, 6.45) is 0. The third-order valence-corrected chi connectivity index (χ3v) is 2.39. The van der Waals surface area contributed by atoms with E-state index in [2.05, 4.69) is 15.9 Å². The molecule has 0 amide bonds. The number of aromatic hydroxyl groups is 2. The summed E-state index contributed by atoms with van der Waals surface area (Å²) >= 11 is 2.92. The molecule has 0 aromatic heterocycles. The molecule has 1 aromatic carbocycles. The molecule has 3 nitrogen and oxygen atoms in total. The maximum absolute atomic E-state index is 13.5. The monoisotopic (exact) mass is 263 g/mol. The second-order valence-corrected chi connectivity index (χ2v) is 4.49. The summed E-state index contributed by atoms with van der Waals surface area (Å²) < 4.78 is 13.6. The lowest BCUT2D eigenvalue weighted by Crippen LogP contribution is -2.30. The molecule has 0 aliphatic rings. The predicted molar refractivity (Wildman–Crippen MR) is 54.6 cm³/mol. The summed E-state index contributed by atoms with van der Waals surface area (Å²) in [6.45, 7) is 3.08. The highest BCUT2D eigenvalue weighted by Crippen LogP contribution is 2.40. The van der Waals surface area contributed by atoms with Crippen LogP contribution in [0.15, 0.2) is 10.5 Å². The summed E-state index contributed by atoms with van der Waals surface area (Å²) in [4.78, 5) is 0. The van der Waals surface area contributed by atoms with E-state index < -0.39 is 22.9 Å². The Labute approximate surface area is 89.5 Å². The average molecular weight is 264 g/mol. The van der Waals surface area contributed by atoms with Crippen LogP contribution < -0.4 is 5.73 Å². The highest BCUT2D eigenvalue weighted by molar-refractivity contribution is 9.10.